The summed E-state index contributed by atoms with van der Waals surface area (Å²) in [5, 5.41) is 0. The molecule has 1 fully saturated rings. The number of amides is 1. The molecule has 1 amide bonds. The first-order chi connectivity index (χ1) is 15.6. The molecule has 0 saturated heterocycles. The number of rotatable bonds is 5. The molecule has 2 aromatic rings. The highest BCUT2D eigenvalue weighted by Crippen LogP contribution is 2.42. The van der Waals surface area contributed by atoms with Gasteiger partial charge >= 0.3 is 6.61 Å². The smallest absolute Gasteiger partial charge is 0.387 e. The SMILES string of the molecule is CC(C)c1cc(C2(c3ccc(F)c(C#CC4CC4)c3)N=C(N)N(C)C2=O)ccc1OC(F)F. The minimum absolute atomic E-state index is 0.00561. The van der Waals surface area contributed by atoms with Crippen molar-refractivity contribution >= 4 is 11.9 Å². The van der Waals surface area contributed by atoms with Crippen molar-refractivity contribution < 1.29 is 22.7 Å². The van der Waals surface area contributed by atoms with Crippen LogP contribution < -0.4 is 10.5 Å². The molecular formula is C25H24F3N3O2. The lowest BCUT2D eigenvalue weighted by atomic mass is 9.80. The Bertz CT molecular complexity index is 1200. The zero-order valence-electron chi connectivity index (χ0n) is 18.5. The molecule has 8 heteroatoms. The molecule has 1 aliphatic heterocycles. The molecule has 0 bridgehead atoms. The predicted molar refractivity (Wildman–Crippen MR) is 118 cm³/mol. The minimum atomic E-state index is -2.99. The predicted octanol–water partition coefficient (Wildman–Crippen LogP) is 4.34. The summed E-state index contributed by atoms with van der Waals surface area (Å²) in [4.78, 5) is 19.2. The number of carbonyl (C=O) groups is 1. The summed E-state index contributed by atoms with van der Waals surface area (Å²) in [6.45, 7) is 0.668. The summed E-state index contributed by atoms with van der Waals surface area (Å²) in [5.74, 6) is 5.06. The summed E-state index contributed by atoms with van der Waals surface area (Å²) >= 11 is 0. The first kappa shape index (κ1) is 22.7. The maximum absolute atomic E-state index is 14.5. The Labute approximate surface area is 190 Å². The third kappa shape index (κ3) is 4.15. The van der Waals surface area contributed by atoms with E-state index in [-0.39, 0.29) is 29.1 Å². The van der Waals surface area contributed by atoms with Crippen molar-refractivity contribution in [2.45, 2.75) is 44.8 Å². The Morgan fingerprint density at radius 2 is 1.85 bits per heavy atom. The van der Waals surface area contributed by atoms with Crippen molar-refractivity contribution in [3.63, 3.8) is 0 Å². The molecule has 1 aliphatic carbocycles. The number of nitrogens with zero attached hydrogens (tertiary/aromatic N) is 2. The van der Waals surface area contributed by atoms with E-state index in [0.717, 1.165) is 12.8 Å². The summed E-state index contributed by atoms with van der Waals surface area (Å²) < 4.78 is 45.0. The number of benzene rings is 2. The zero-order chi connectivity index (χ0) is 23.9. The molecule has 1 heterocycles. The van der Waals surface area contributed by atoms with Gasteiger partial charge in [0.05, 0.1) is 5.56 Å². The third-order valence-electron chi connectivity index (χ3n) is 5.88. The van der Waals surface area contributed by atoms with Crippen LogP contribution in [-0.4, -0.2) is 30.4 Å². The number of likely N-dealkylation sites (N-methyl/N-ethyl adjacent to an activating group) is 1. The molecule has 2 aliphatic rings. The fourth-order valence-electron chi connectivity index (χ4n) is 3.87. The average Bonchev–Trinajstić information content (AvgIpc) is 3.56. The second kappa shape index (κ2) is 8.47. The summed E-state index contributed by atoms with van der Waals surface area (Å²) in [5.41, 5.74) is 5.87. The average molecular weight is 455 g/mol. The molecule has 0 aromatic heterocycles. The normalized spacial score (nSPS) is 20.2. The van der Waals surface area contributed by atoms with Gasteiger partial charge in [-0.1, -0.05) is 37.8 Å². The Morgan fingerprint density at radius 1 is 1.18 bits per heavy atom. The lowest BCUT2D eigenvalue weighted by molar-refractivity contribution is -0.129. The lowest BCUT2D eigenvalue weighted by Gasteiger charge is -2.28. The van der Waals surface area contributed by atoms with E-state index in [4.69, 9.17) is 5.73 Å². The van der Waals surface area contributed by atoms with Gasteiger partial charge < -0.3 is 10.5 Å². The van der Waals surface area contributed by atoms with Gasteiger partial charge in [0.15, 0.2) is 11.5 Å². The molecule has 33 heavy (non-hydrogen) atoms. The van der Waals surface area contributed by atoms with Crippen molar-refractivity contribution in [1.29, 1.82) is 0 Å². The molecule has 1 unspecified atom stereocenters. The fraction of sp³-hybridized carbons (Fsp3) is 0.360. The number of hydrogen-bond acceptors (Lipinski definition) is 4. The van der Waals surface area contributed by atoms with Gasteiger partial charge in [-0.3, -0.25) is 9.69 Å². The first-order valence-corrected chi connectivity index (χ1v) is 10.7. The number of guanidine groups is 1. The Balaban J connectivity index is 1.91. The fourth-order valence-corrected chi connectivity index (χ4v) is 3.87. The topological polar surface area (TPSA) is 67.9 Å². The molecule has 0 radical (unpaired) electrons. The second-order valence-electron chi connectivity index (χ2n) is 8.57. The monoisotopic (exact) mass is 455 g/mol. The quantitative estimate of drug-likeness (QED) is 0.682. The molecule has 5 nitrogen and oxygen atoms in total. The Morgan fingerprint density at radius 3 is 2.42 bits per heavy atom. The van der Waals surface area contributed by atoms with E-state index >= 15 is 0 Å². The van der Waals surface area contributed by atoms with Crippen LogP contribution in [0.4, 0.5) is 13.2 Å². The van der Waals surface area contributed by atoms with Crippen LogP contribution in [0, 0.1) is 23.6 Å². The van der Waals surface area contributed by atoms with E-state index in [1.807, 2.05) is 13.8 Å². The number of alkyl halides is 2. The first-order valence-electron chi connectivity index (χ1n) is 10.7. The Hall–Kier alpha value is -3.47. The maximum Gasteiger partial charge on any atom is 0.387 e. The zero-order valence-corrected chi connectivity index (χ0v) is 18.5. The standard InChI is InChI=1S/C25H24F3N3O2/c1-14(2)19-13-18(9-11-21(19)33-23(27)28)25(22(32)31(3)24(29)30-25)17-8-10-20(26)16(12-17)7-6-15-4-5-15/h8-15,23H,4-5H2,1-3H3,(H2,29,30). The van der Waals surface area contributed by atoms with Crippen molar-refractivity contribution in [2.75, 3.05) is 7.05 Å². The van der Waals surface area contributed by atoms with Gasteiger partial charge in [0.1, 0.15) is 11.6 Å². The van der Waals surface area contributed by atoms with Crippen molar-refractivity contribution in [1.82, 2.24) is 4.90 Å². The van der Waals surface area contributed by atoms with E-state index in [9.17, 15) is 18.0 Å². The highest BCUT2D eigenvalue weighted by atomic mass is 19.3. The highest BCUT2D eigenvalue weighted by Gasteiger charge is 2.50. The number of ether oxygens (including phenoxy) is 1. The van der Waals surface area contributed by atoms with Crippen LogP contribution in [0.15, 0.2) is 41.4 Å². The summed E-state index contributed by atoms with van der Waals surface area (Å²) in [6.07, 6.45) is 1.99. The molecule has 2 N–H and O–H groups in total. The van der Waals surface area contributed by atoms with E-state index < -0.39 is 23.9 Å². The van der Waals surface area contributed by atoms with Crippen LogP contribution in [-0.2, 0) is 10.3 Å². The van der Waals surface area contributed by atoms with Crippen molar-refractivity contribution in [3.05, 3.63) is 64.5 Å². The van der Waals surface area contributed by atoms with Gasteiger partial charge in [-0.05, 0) is 59.7 Å². The van der Waals surface area contributed by atoms with Crippen LogP contribution in [0.1, 0.15) is 54.9 Å². The number of aliphatic imine (C=N–C) groups is 1. The van der Waals surface area contributed by atoms with Crippen LogP contribution in [0.5, 0.6) is 5.75 Å². The summed E-state index contributed by atoms with van der Waals surface area (Å²) in [6, 6.07) is 8.77. The number of carbonyl (C=O) groups excluding carboxylic acids is 1. The second-order valence-corrected chi connectivity index (χ2v) is 8.57. The highest BCUT2D eigenvalue weighted by molar-refractivity contribution is 6.09. The molecule has 172 valence electrons. The van der Waals surface area contributed by atoms with Gasteiger partial charge in [0, 0.05) is 13.0 Å². The number of nitrogens with two attached hydrogens (primary N) is 1. The van der Waals surface area contributed by atoms with Gasteiger partial charge in [0.25, 0.3) is 5.91 Å². The maximum atomic E-state index is 14.5. The molecule has 2 aromatic carbocycles. The van der Waals surface area contributed by atoms with Crippen LogP contribution in [0.2, 0.25) is 0 Å². The van der Waals surface area contributed by atoms with Gasteiger partial charge in [-0.2, -0.15) is 8.78 Å². The molecule has 0 spiro atoms. The van der Waals surface area contributed by atoms with E-state index in [1.54, 1.807) is 6.07 Å². The van der Waals surface area contributed by atoms with Crippen LogP contribution in [0.3, 0.4) is 0 Å². The van der Waals surface area contributed by atoms with Gasteiger partial charge in [-0.15, -0.1) is 0 Å². The van der Waals surface area contributed by atoms with Gasteiger partial charge in [0.2, 0.25) is 0 Å². The molecule has 1 atom stereocenters. The van der Waals surface area contributed by atoms with E-state index in [2.05, 4.69) is 21.6 Å². The van der Waals surface area contributed by atoms with Crippen LogP contribution in [0.25, 0.3) is 0 Å². The van der Waals surface area contributed by atoms with Crippen molar-refractivity contribution in [3.8, 4) is 17.6 Å². The number of halogens is 3. The van der Waals surface area contributed by atoms with Gasteiger partial charge in [-0.25, -0.2) is 9.38 Å². The Kier molecular flexibility index (Phi) is 5.83. The third-order valence-corrected chi connectivity index (χ3v) is 5.88. The minimum Gasteiger partial charge on any atom is -0.435 e. The molecule has 4 rings (SSSR count). The molecule has 1 saturated carbocycles. The largest absolute Gasteiger partial charge is 0.435 e. The molecular weight excluding hydrogens is 431 g/mol. The van der Waals surface area contributed by atoms with Crippen molar-refractivity contribution in [2.24, 2.45) is 16.6 Å². The van der Waals surface area contributed by atoms with E-state index in [0.29, 0.717) is 16.7 Å². The summed E-state index contributed by atoms with van der Waals surface area (Å²) in [7, 11) is 1.50. The lowest BCUT2D eigenvalue weighted by Crippen LogP contribution is -2.41. The number of hydrogen-bond donors (Lipinski definition) is 1. The van der Waals surface area contributed by atoms with Crippen LogP contribution >= 0.6 is 0 Å². The van der Waals surface area contributed by atoms with E-state index in [1.165, 1.54) is 42.3 Å².